The Hall–Kier alpha value is -0.516. The number of hydrogen-bond acceptors (Lipinski definition) is 6. The summed E-state index contributed by atoms with van der Waals surface area (Å²) in [6.07, 6.45) is 0.662. The molecular formula is C8H22N2O8S2Si2. The third-order valence-corrected chi connectivity index (χ3v) is 12.0. The van der Waals surface area contributed by atoms with Crippen LogP contribution in [-0.4, -0.2) is 68.4 Å². The minimum absolute atomic E-state index is 0.301. The van der Waals surface area contributed by atoms with Gasteiger partial charge in [0, 0.05) is 6.54 Å². The number of urea groups is 1. The lowest BCUT2D eigenvalue weighted by molar-refractivity contribution is 0.241. The first kappa shape index (κ1) is 21.5. The summed E-state index contributed by atoms with van der Waals surface area (Å²) >= 11 is 0. The Kier molecular flexibility index (Phi) is 8.17. The molecule has 0 radical (unpaired) electrons. The average molecular weight is 395 g/mol. The summed E-state index contributed by atoms with van der Waals surface area (Å²) in [5, 5.41) is 4.38. The number of carbonyl (C=O) groups excluding carboxylic acids is 1. The fourth-order valence-corrected chi connectivity index (χ4v) is 5.08. The van der Waals surface area contributed by atoms with Crippen molar-refractivity contribution in [1.29, 1.82) is 0 Å². The highest BCUT2D eigenvalue weighted by Crippen LogP contribution is 2.11. The standard InChI is InChI=1S/C8H22N2O8S2Si2/c1-22(2,18-21)5-3-4-9-8(11)10-6-7(19(12,13)14)20(15,16)17/h7H,3-6H2,1-2,21H3,(H2,9,10,11)(H,12,13,14)(H,15,16,17). The number of nitrogens with one attached hydrogen (secondary N) is 2. The van der Waals surface area contributed by atoms with Crippen molar-refractivity contribution in [2.24, 2.45) is 0 Å². The van der Waals surface area contributed by atoms with E-state index in [0.717, 1.165) is 6.04 Å². The minimum Gasteiger partial charge on any atom is -0.463 e. The van der Waals surface area contributed by atoms with Gasteiger partial charge in [0.2, 0.25) is 4.58 Å². The molecule has 0 spiro atoms. The first-order chi connectivity index (χ1) is 9.79. The zero-order valence-electron chi connectivity index (χ0n) is 12.6. The van der Waals surface area contributed by atoms with Crippen LogP contribution in [0.1, 0.15) is 6.42 Å². The normalized spacial score (nSPS) is 13.3. The van der Waals surface area contributed by atoms with Crippen LogP contribution in [0, 0.1) is 0 Å². The van der Waals surface area contributed by atoms with Crippen molar-refractivity contribution in [3.63, 3.8) is 0 Å². The zero-order valence-corrected chi connectivity index (χ0v) is 17.2. The van der Waals surface area contributed by atoms with Gasteiger partial charge in [0.1, 0.15) is 10.5 Å². The molecule has 0 aliphatic rings. The summed E-state index contributed by atoms with van der Waals surface area (Å²) in [5.41, 5.74) is 0. The number of amides is 2. The molecule has 0 fully saturated rings. The lowest BCUT2D eigenvalue weighted by Gasteiger charge is -2.20. The van der Waals surface area contributed by atoms with Crippen molar-refractivity contribution >= 4 is 45.1 Å². The van der Waals surface area contributed by atoms with Crippen LogP contribution in [0.25, 0.3) is 0 Å². The first-order valence-electron chi connectivity index (χ1n) is 6.29. The molecule has 0 heterocycles. The molecule has 14 heteroatoms. The van der Waals surface area contributed by atoms with Gasteiger partial charge in [0.25, 0.3) is 20.2 Å². The zero-order chi connectivity index (χ0) is 17.6. The molecule has 4 N–H and O–H groups in total. The van der Waals surface area contributed by atoms with E-state index in [9.17, 15) is 21.6 Å². The topological polar surface area (TPSA) is 159 Å². The molecule has 0 aromatic heterocycles. The molecule has 0 saturated heterocycles. The average Bonchev–Trinajstić information content (AvgIpc) is 2.31. The highest BCUT2D eigenvalue weighted by molar-refractivity contribution is 8.04. The van der Waals surface area contributed by atoms with E-state index in [1.807, 2.05) is 18.4 Å². The molecule has 22 heavy (non-hydrogen) atoms. The van der Waals surface area contributed by atoms with E-state index in [2.05, 4.69) is 5.32 Å². The van der Waals surface area contributed by atoms with Gasteiger partial charge in [-0.2, -0.15) is 16.8 Å². The van der Waals surface area contributed by atoms with Crippen LogP contribution < -0.4 is 10.6 Å². The minimum atomic E-state index is -5.05. The molecule has 132 valence electrons. The molecule has 0 aromatic carbocycles. The number of carbonyl (C=O) groups is 1. The van der Waals surface area contributed by atoms with Crippen LogP contribution in [0.3, 0.4) is 0 Å². The highest BCUT2D eigenvalue weighted by atomic mass is 32.3. The lowest BCUT2D eigenvalue weighted by atomic mass is 10.5. The van der Waals surface area contributed by atoms with E-state index >= 15 is 0 Å². The molecular weight excluding hydrogens is 372 g/mol. The van der Waals surface area contributed by atoms with Gasteiger partial charge in [-0.15, -0.1) is 0 Å². The second-order valence-electron chi connectivity index (χ2n) is 5.16. The Morgan fingerprint density at radius 1 is 1.18 bits per heavy atom. The summed E-state index contributed by atoms with van der Waals surface area (Å²) in [4.78, 5) is 11.4. The van der Waals surface area contributed by atoms with Gasteiger partial charge in [0.15, 0.2) is 8.32 Å². The van der Waals surface area contributed by atoms with E-state index in [0.29, 0.717) is 23.5 Å². The van der Waals surface area contributed by atoms with Gasteiger partial charge in [-0.05, 0) is 25.6 Å². The Bertz CT molecular complexity index is 545. The lowest BCUT2D eigenvalue weighted by Crippen LogP contribution is -2.45. The van der Waals surface area contributed by atoms with Crippen molar-refractivity contribution in [3.8, 4) is 0 Å². The van der Waals surface area contributed by atoms with Crippen LogP contribution in [0.4, 0.5) is 4.79 Å². The van der Waals surface area contributed by atoms with Crippen LogP contribution in [0.2, 0.25) is 19.1 Å². The second kappa shape index (κ2) is 8.37. The Morgan fingerprint density at radius 3 is 2.09 bits per heavy atom. The Labute approximate surface area is 134 Å². The van der Waals surface area contributed by atoms with Gasteiger partial charge in [-0.3, -0.25) is 9.11 Å². The maximum atomic E-state index is 11.4. The Balaban J connectivity index is 4.29. The van der Waals surface area contributed by atoms with E-state index in [1.165, 1.54) is 0 Å². The van der Waals surface area contributed by atoms with Crippen LogP contribution >= 0.6 is 0 Å². The maximum Gasteiger partial charge on any atom is 0.314 e. The monoisotopic (exact) mass is 394 g/mol. The first-order valence-corrected chi connectivity index (χ1v) is 13.2. The summed E-state index contributed by atoms with van der Waals surface area (Å²) in [6, 6.07) is 0.0266. The van der Waals surface area contributed by atoms with Crippen molar-refractivity contribution in [2.75, 3.05) is 13.1 Å². The molecule has 0 unspecified atom stereocenters. The summed E-state index contributed by atoms with van der Waals surface area (Å²) in [5.74, 6) is 0. The van der Waals surface area contributed by atoms with Gasteiger partial charge >= 0.3 is 6.03 Å². The molecule has 0 saturated carbocycles. The van der Waals surface area contributed by atoms with Crippen molar-refractivity contribution in [2.45, 2.75) is 30.1 Å². The van der Waals surface area contributed by atoms with E-state index in [1.54, 1.807) is 0 Å². The van der Waals surface area contributed by atoms with Crippen LogP contribution in [0.5, 0.6) is 0 Å². The SMILES string of the molecule is C[Si](C)(CCCNC(=O)NCC(S(=O)(=O)O)S(=O)(=O)O)O[SiH3]. The molecule has 2 amide bonds. The third kappa shape index (κ3) is 8.81. The van der Waals surface area contributed by atoms with Crippen LogP contribution in [-0.2, 0) is 24.4 Å². The third-order valence-electron chi connectivity index (χ3n) is 2.89. The Morgan fingerprint density at radius 2 is 1.68 bits per heavy atom. The fourth-order valence-electron chi connectivity index (χ4n) is 1.42. The van der Waals surface area contributed by atoms with Gasteiger partial charge < -0.3 is 14.7 Å². The summed E-state index contributed by atoms with van der Waals surface area (Å²) in [7, 11) is -11.1. The second-order valence-corrected chi connectivity index (χ2v) is 14.3. The van der Waals surface area contributed by atoms with Crippen molar-refractivity contribution < 1.29 is 34.9 Å². The molecule has 0 bridgehead atoms. The molecule has 0 aromatic rings. The van der Waals surface area contributed by atoms with Crippen molar-refractivity contribution in [1.82, 2.24) is 10.6 Å². The van der Waals surface area contributed by atoms with E-state index < -0.39 is 45.7 Å². The predicted octanol–water partition coefficient (Wildman–Crippen LogP) is -1.72. The van der Waals surface area contributed by atoms with E-state index in [4.69, 9.17) is 13.2 Å². The quantitative estimate of drug-likeness (QED) is 0.204. The largest absolute Gasteiger partial charge is 0.463 e. The highest BCUT2D eigenvalue weighted by Gasteiger charge is 2.35. The molecule has 0 aliphatic carbocycles. The smallest absolute Gasteiger partial charge is 0.314 e. The maximum absolute atomic E-state index is 11.4. The summed E-state index contributed by atoms with van der Waals surface area (Å²) in [6.45, 7) is 3.43. The molecule has 10 nitrogen and oxygen atoms in total. The fraction of sp³-hybridized carbons (Fsp3) is 0.875. The summed E-state index contributed by atoms with van der Waals surface area (Å²) < 4.78 is 63.7. The predicted molar refractivity (Wildman–Crippen MR) is 86.2 cm³/mol. The number of rotatable bonds is 9. The molecule has 0 rings (SSSR count). The number of hydrogen-bond donors (Lipinski definition) is 4. The van der Waals surface area contributed by atoms with Crippen molar-refractivity contribution in [3.05, 3.63) is 0 Å². The van der Waals surface area contributed by atoms with Crippen LogP contribution in [0.15, 0.2) is 0 Å². The van der Waals surface area contributed by atoms with Gasteiger partial charge in [0.05, 0.1) is 6.54 Å². The van der Waals surface area contributed by atoms with Gasteiger partial charge in [-0.1, -0.05) is 0 Å². The van der Waals surface area contributed by atoms with Gasteiger partial charge in [-0.25, -0.2) is 4.79 Å². The van der Waals surface area contributed by atoms with E-state index in [-0.39, 0.29) is 0 Å². The molecule has 0 aliphatic heterocycles. The molecule has 0 atom stereocenters.